The van der Waals surface area contributed by atoms with Gasteiger partial charge in [-0.05, 0) is 0 Å². The van der Waals surface area contributed by atoms with E-state index in [1.807, 2.05) is 0 Å². The Kier molecular flexibility index (Phi) is 104. The third-order valence-electron chi connectivity index (χ3n) is 0. The first-order chi connectivity index (χ1) is 14.0. The zero-order valence-corrected chi connectivity index (χ0v) is 43.3. The molecule has 44 heavy (non-hydrogen) atoms. The van der Waals surface area contributed by atoms with E-state index in [0.717, 1.165) is 0 Å². The molecule has 280 valence electrons. The van der Waals surface area contributed by atoms with Crippen LogP contribution >= 0.6 is 0 Å². The zero-order chi connectivity index (χ0) is 31.5. The van der Waals surface area contributed by atoms with Crippen molar-refractivity contribution in [3.63, 3.8) is 0 Å². The molecule has 0 aliphatic rings. The summed E-state index contributed by atoms with van der Waals surface area (Å²) in [6.07, 6.45) is 0. The summed E-state index contributed by atoms with van der Waals surface area (Å²) < 4.78 is 242. The summed E-state index contributed by atoms with van der Waals surface area (Å²) in [5, 5.41) is 0. The van der Waals surface area contributed by atoms with Crippen molar-refractivity contribution in [1.29, 1.82) is 0 Å². The Labute approximate surface area is 290 Å². The van der Waals surface area contributed by atoms with Gasteiger partial charge in [-0.3, -0.25) is 0 Å². The summed E-state index contributed by atoms with van der Waals surface area (Å²) in [6, 6.07) is 0. The van der Waals surface area contributed by atoms with Crippen LogP contribution in [-0.4, -0.2) is 0 Å². The molecule has 0 unspecified atom stereocenters. The molecule has 0 aliphatic heterocycles. The predicted octanol–water partition coefficient (Wildman–Crippen LogP) is -5.82. The zero-order valence-electron chi connectivity index (χ0n) is 18.9. The number of nitrogens with two attached hydrogens (primary N) is 7. The average molecular weight is 2240 g/mol. The molecule has 35 nitrogen and oxygen atoms in total. The molecule has 0 atom stereocenters. The average Bonchev–Trinajstić information content (AvgIpc) is 2.06. The van der Waals surface area contributed by atoms with E-state index < -0.39 is 111 Å². The molecule has 0 heterocycles. The predicted molar refractivity (Wildman–Crippen MR) is 51.4 cm³/mol. The van der Waals surface area contributed by atoms with Gasteiger partial charge < -0.3 is 43.1 Å². The second-order valence-corrected chi connectivity index (χ2v) is 21.7. The topological polar surface area (TPSA) is 754 Å². The second kappa shape index (κ2) is 44.2. The van der Waals surface area contributed by atoms with Crippen LogP contribution in [0.15, 0.2) is 0 Å². The first-order valence-electron chi connectivity index (χ1n) is 4.32. The summed E-state index contributed by atoms with van der Waals surface area (Å²) in [5.41, 5.74) is 0. The molecule has 0 saturated heterocycles. The van der Waals surface area contributed by atoms with Crippen molar-refractivity contribution in [3.05, 3.63) is 43.1 Å². The van der Waals surface area contributed by atoms with Gasteiger partial charge in [0.2, 0.25) is 0 Å². The van der Waals surface area contributed by atoms with Crippen molar-refractivity contribution >= 4 is 0 Å². The van der Waals surface area contributed by atoms with E-state index >= 15 is 0 Å². The summed E-state index contributed by atoms with van der Waals surface area (Å²) in [4.78, 5) is 0. The minimum Gasteiger partial charge on any atom is 7.00 e. The van der Waals surface area contributed by atoms with Crippen molar-refractivity contribution in [1.82, 2.24) is 0 Å². The standard InChI is InChI=1S/7H2N.28O.9Re/h7*1H2;;;;;;;;;;;;;;;;;;;;;;;;;;;;;;;;;;;;;/q7*-1;;;;;;;;;;;;;;;;;;;;;;7*-1;;;;;;;;2*+7. The maximum Gasteiger partial charge on any atom is 7.00 e. The maximum atomic E-state index is 8.64. The van der Waals surface area contributed by atoms with Crippen LogP contribution in [-0.2, 0) is 224 Å². The van der Waals surface area contributed by atoms with Crippen LogP contribution in [0.1, 0.15) is 0 Å². The minimum atomic E-state index is -6.11. The fraction of sp³-hybridized carbons (Fsp3) is 0. The Morgan fingerprint density at radius 1 is 0.182 bits per heavy atom. The SMILES string of the molecule is [NH2-].[NH2-].[NH2-].[NH2-].[NH2-].[NH2-].[NH2-].[O]=[Re](=[O])(=[O])[O-].[O]=[Re](=[O])(=[O])[O-].[O]=[Re](=[O])(=[O])[O-].[O]=[Re](=[O])(=[O])[O-].[O]=[Re](=[O])(=[O])[O-].[O]=[Re](=[O])(=[O])[O-].[O]=[Re](=[O])(=[O])[O-].[Re+7].[Re+7]. The second-order valence-electron chi connectivity index (χ2n) is 2.65. The van der Waals surface area contributed by atoms with Crippen molar-refractivity contribution in [2.75, 3.05) is 0 Å². The van der Waals surface area contributed by atoms with Gasteiger partial charge in [-0.15, -0.1) is 0 Å². The molecule has 0 spiro atoms. The van der Waals surface area contributed by atoms with Crippen molar-refractivity contribution < 1.29 is 251 Å². The Morgan fingerprint density at radius 3 is 0.182 bits per heavy atom. The van der Waals surface area contributed by atoms with E-state index in [1.165, 1.54) is 0 Å². The first-order valence-corrected chi connectivity index (χ1v) is 35.4. The summed E-state index contributed by atoms with van der Waals surface area (Å²) in [7, 11) is 0. The molecule has 0 rings (SSSR count). The van der Waals surface area contributed by atoms with Gasteiger partial charge in [0.15, 0.2) is 0 Å². The molecule has 0 saturated carbocycles. The van der Waals surface area contributed by atoms with Crippen LogP contribution in [0.4, 0.5) is 0 Å². The van der Waals surface area contributed by atoms with E-state index in [-0.39, 0.29) is 83.9 Å². The van der Waals surface area contributed by atoms with Gasteiger partial charge in [0.1, 0.15) is 0 Å². The van der Waals surface area contributed by atoms with Gasteiger partial charge in [0.05, 0.1) is 0 Å². The Hall–Kier alpha value is 1.20. The molecule has 0 aromatic heterocycles. The van der Waals surface area contributed by atoms with E-state index in [1.54, 1.807) is 0 Å². The van der Waals surface area contributed by atoms with Crippen molar-refractivity contribution in [3.8, 4) is 0 Å². The molecule has 0 radical (unpaired) electrons. The molecule has 0 aliphatic carbocycles. The molecule has 14 N–H and O–H groups in total. The number of rotatable bonds is 0. The van der Waals surface area contributed by atoms with Crippen LogP contribution in [0.2, 0.25) is 0 Å². The van der Waals surface area contributed by atoms with Crippen molar-refractivity contribution in [2.24, 2.45) is 0 Å². The Balaban J connectivity index is -0.0000000144. The minimum absolute atomic E-state index is 0. The molecule has 44 heteroatoms. The van der Waals surface area contributed by atoms with E-state index in [9.17, 15) is 0 Å². The quantitative estimate of drug-likeness (QED) is 0.218. The Morgan fingerprint density at radius 2 is 0.182 bits per heavy atom. The largest absolute Gasteiger partial charge is 7.00 e. The normalized spacial score (nSPS) is 9.07. The van der Waals surface area contributed by atoms with Crippen LogP contribution in [0, 0.1) is 0 Å². The van der Waals surface area contributed by atoms with Gasteiger partial charge >= 0.3 is 251 Å². The van der Waals surface area contributed by atoms with Crippen LogP contribution in [0.3, 0.4) is 0 Å². The summed E-state index contributed by atoms with van der Waals surface area (Å²) in [6.45, 7) is 0. The third kappa shape index (κ3) is 53300. The maximum absolute atomic E-state index is 8.64. The molecule has 0 aromatic carbocycles. The van der Waals surface area contributed by atoms with Gasteiger partial charge in [-0.2, -0.15) is 0 Å². The molecular weight excluding hydrogens is 2220 g/mol. The number of hydrogen-bond donors (Lipinski definition) is 0. The number of hydrogen-bond acceptors (Lipinski definition) is 28. The first kappa shape index (κ1) is 104. The fourth-order valence-electron chi connectivity index (χ4n) is 0. The van der Waals surface area contributed by atoms with Crippen molar-refractivity contribution in [2.45, 2.75) is 0 Å². The van der Waals surface area contributed by atoms with E-state index in [4.69, 9.17) is 99.7 Å². The van der Waals surface area contributed by atoms with E-state index in [0.29, 0.717) is 0 Å². The summed E-state index contributed by atoms with van der Waals surface area (Å²) in [5.74, 6) is 0. The fourth-order valence-corrected chi connectivity index (χ4v) is 0. The van der Waals surface area contributed by atoms with Crippen LogP contribution in [0.25, 0.3) is 43.1 Å². The monoisotopic (exact) mass is 2240 g/mol. The molecular formula is H14N7O28Re9. The van der Waals surface area contributed by atoms with E-state index in [2.05, 4.69) is 0 Å². The Bertz CT molecular complexity index is 1320. The molecule has 0 amide bonds. The van der Waals surface area contributed by atoms with Gasteiger partial charge in [-0.25, -0.2) is 0 Å². The van der Waals surface area contributed by atoms with Gasteiger partial charge in [0, 0.05) is 0 Å². The third-order valence-corrected chi connectivity index (χ3v) is 0. The van der Waals surface area contributed by atoms with Gasteiger partial charge in [-0.1, -0.05) is 0 Å². The van der Waals surface area contributed by atoms with Crippen LogP contribution < -0.4 is 26.8 Å². The van der Waals surface area contributed by atoms with Gasteiger partial charge in [0.25, 0.3) is 0 Å². The summed E-state index contributed by atoms with van der Waals surface area (Å²) >= 11 is -42.8. The molecule has 0 aromatic rings. The molecule has 0 bridgehead atoms. The smallest absolute Gasteiger partial charge is 7.00 e. The van der Waals surface area contributed by atoms with Crippen LogP contribution in [0.5, 0.6) is 0 Å². The molecule has 0 fully saturated rings.